The van der Waals surface area contributed by atoms with Crippen molar-refractivity contribution in [2.45, 2.75) is 50.9 Å². The number of aliphatic carboxylic acids is 1. The van der Waals surface area contributed by atoms with Crippen LogP contribution in [0.15, 0.2) is 30.3 Å². The highest BCUT2D eigenvalue weighted by molar-refractivity contribution is 7.17. The molecular weight excluding hydrogens is 414 g/mol. The maximum atomic E-state index is 13.0. The third-order valence-corrected chi connectivity index (χ3v) is 7.75. The number of thiophene rings is 1. The van der Waals surface area contributed by atoms with Crippen LogP contribution in [-0.4, -0.2) is 30.1 Å². The van der Waals surface area contributed by atoms with E-state index in [4.69, 9.17) is 4.74 Å². The zero-order valence-electron chi connectivity index (χ0n) is 17.6. The zero-order valence-corrected chi connectivity index (χ0v) is 18.4. The van der Waals surface area contributed by atoms with Crippen molar-refractivity contribution >= 4 is 34.2 Å². The molecule has 0 unspecified atom stereocenters. The van der Waals surface area contributed by atoms with Crippen molar-refractivity contribution in [2.75, 3.05) is 12.4 Å². The maximum absolute atomic E-state index is 13.0. The molecule has 0 radical (unpaired) electrons. The largest absolute Gasteiger partial charge is 0.481 e. The van der Waals surface area contributed by atoms with Crippen LogP contribution in [0.3, 0.4) is 0 Å². The lowest BCUT2D eigenvalue weighted by atomic mass is 9.78. The number of carbonyl (C=O) groups is 3. The van der Waals surface area contributed by atoms with Crippen LogP contribution in [0, 0.1) is 11.8 Å². The number of carbonyl (C=O) groups excluding carboxylic acids is 2. The second kappa shape index (κ2) is 9.22. The van der Waals surface area contributed by atoms with E-state index < -0.39 is 23.8 Å². The number of carboxylic acids is 1. The van der Waals surface area contributed by atoms with Gasteiger partial charge in [-0.3, -0.25) is 9.59 Å². The molecule has 2 aliphatic rings. The Balaban J connectivity index is 1.61. The normalized spacial score (nSPS) is 22.9. The molecule has 0 saturated heterocycles. The lowest BCUT2D eigenvalue weighted by Gasteiger charge is -2.27. The van der Waals surface area contributed by atoms with Gasteiger partial charge in [-0.1, -0.05) is 43.2 Å². The van der Waals surface area contributed by atoms with Gasteiger partial charge in [-0.2, -0.15) is 0 Å². The average molecular weight is 442 g/mol. The molecule has 1 saturated carbocycles. The summed E-state index contributed by atoms with van der Waals surface area (Å²) in [7, 11) is 1.34. The molecule has 0 bridgehead atoms. The fraction of sp³-hybridized carbons (Fsp3) is 0.458. The summed E-state index contributed by atoms with van der Waals surface area (Å²) >= 11 is 1.43. The number of benzene rings is 1. The molecule has 31 heavy (non-hydrogen) atoms. The summed E-state index contributed by atoms with van der Waals surface area (Å²) in [6.45, 7) is 0. The van der Waals surface area contributed by atoms with Crippen LogP contribution < -0.4 is 5.32 Å². The first kappa shape index (κ1) is 21.6. The smallest absolute Gasteiger partial charge is 0.341 e. The number of hydrogen-bond donors (Lipinski definition) is 2. The average Bonchev–Trinajstić information content (AvgIpc) is 3.16. The monoisotopic (exact) mass is 441 g/mol. The summed E-state index contributed by atoms with van der Waals surface area (Å²) < 4.78 is 5.02. The van der Waals surface area contributed by atoms with E-state index in [1.807, 2.05) is 18.2 Å². The first-order valence-corrected chi connectivity index (χ1v) is 11.6. The van der Waals surface area contributed by atoms with Gasteiger partial charge in [-0.25, -0.2) is 4.79 Å². The molecule has 2 N–H and O–H groups in total. The molecule has 7 heteroatoms. The van der Waals surface area contributed by atoms with E-state index in [1.165, 1.54) is 24.0 Å². The van der Waals surface area contributed by atoms with Crippen molar-refractivity contribution in [2.24, 2.45) is 11.8 Å². The molecule has 2 aliphatic carbocycles. The maximum Gasteiger partial charge on any atom is 0.341 e. The molecule has 1 aromatic heterocycles. The Morgan fingerprint density at radius 3 is 2.45 bits per heavy atom. The van der Waals surface area contributed by atoms with Gasteiger partial charge in [0.15, 0.2) is 0 Å². The molecular formula is C24H27NO5S. The number of rotatable bonds is 5. The molecule has 0 spiro atoms. The predicted octanol–water partition coefficient (Wildman–Crippen LogP) is 4.64. The fourth-order valence-electron chi connectivity index (χ4n) is 4.95. The minimum Gasteiger partial charge on any atom is -0.481 e. The van der Waals surface area contributed by atoms with Gasteiger partial charge in [-0.05, 0) is 49.1 Å². The van der Waals surface area contributed by atoms with E-state index in [9.17, 15) is 19.5 Å². The van der Waals surface area contributed by atoms with E-state index in [2.05, 4.69) is 17.4 Å². The Bertz CT molecular complexity index is 983. The van der Waals surface area contributed by atoms with Gasteiger partial charge >= 0.3 is 11.9 Å². The van der Waals surface area contributed by atoms with Crippen molar-refractivity contribution in [1.82, 2.24) is 0 Å². The predicted molar refractivity (Wildman–Crippen MR) is 119 cm³/mol. The Labute approximate surface area is 185 Å². The summed E-state index contributed by atoms with van der Waals surface area (Å²) in [5, 5.41) is 12.9. The van der Waals surface area contributed by atoms with Crippen molar-refractivity contribution < 1.29 is 24.2 Å². The van der Waals surface area contributed by atoms with Crippen LogP contribution in [0.5, 0.6) is 0 Å². The second-order valence-electron chi connectivity index (χ2n) is 8.37. The molecule has 164 valence electrons. The Morgan fingerprint density at radius 1 is 1.06 bits per heavy atom. The lowest BCUT2D eigenvalue weighted by Crippen LogP contribution is -2.36. The van der Waals surface area contributed by atoms with Crippen LogP contribution in [0.4, 0.5) is 5.00 Å². The molecule has 2 aromatic rings. The number of anilines is 1. The van der Waals surface area contributed by atoms with Crippen LogP contribution in [0.25, 0.3) is 0 Å². The number of fused-ring (bicyclic) bond motifs is 1. The highest BCUT2D eigenvalue weighted by Gasteiger charge is 2.37. The second-order valence-corrected chi connectivity index (χ2v) is 9.48. The summed E-state index contributed by atoms with van der Waals surface area (Å²) in [5.74, 6) is -2.57. The minimum atomic E-state index is -0.927. The summed E-state index contributed by atoms with van der Waals surface area (Å²) in [6.07, 6.45) is 5.20. The van der Waals surface area contributed by atoms with Crippen molar-refractivity contribution in [1.29, 1.82) is 0 Å². The number of amides is 1. The van der Waals surface area contributed by atoms with Crippen molar-refractivity contribution in [3.05, 3.63) is 51.9 Å². The van der Waals surface area contributed by atoms with Gasteiger partial charge < -0.3 is 15.2 Å². The number of nitrogens with one attached hydrogen (secondary N) is 1. The molecule has 1 amide bonds. The van der Waals surface area contributed by atoms with E-state index >= 15 is 0 Å². The first-order valence-electron chi connectivity index (χ1n) is 10.8. The van der Waals surface area contributed by atoms with Gasteiger partial charge in [0.25, 0.3) is 0 Å². The van der Waals surface area contributed by atoms with E-state index in [0.717, 1.165) is 42.5 Å². The van der Waals surface area contributed by atoms with Crippen molar-refractivity contribution in [3.8, 4) is 0 Å². The number of esters is 1. The van der Waals surface area contributed by atoms with Gasteiger partial charge in [0.2, 0.25) is 5.91 Å². The number of hydrogen-bond acceptors (Lipinski definition) is 5. The summed E-state index contributed by atoms with van der Waals surface area (Å²) in [5.41, 5.74) is 2.67. The van der Waals surface area contributed by atoms with E-state index in [-0.39, 0.29) is 5.91 Å². The van der Waals surface area contributed by atoms with E-state index in [0.29, 0.717) is 29.3 Å². The quantitative estimate of drug-likeness (QED) is 0.660. The number of carboxylic acid groups (broad SMARTS) is 1. The first-order chi connectivity index (χ1) is 15.0. The molecule has 1 aromatic carbocycles. The van der Waals surface area contributed by atoms with E-state index in [1.54, 1.807) is 0 Å². The summed E-state index contributed by atoms with van der Waals surface area (Å²) in [4.78, 5) is 38.3. The minimum absolute atomic E-state index is 0.310. The van der Waals surface area contributed by atoms with Crippen molar-refractivity contribution in [3.63, 3.8) is 0 Å². The highest BCUT2D eigenvalue weighted by Crippen LogP contribution is 2.43. The Kier molecular flexibility index (Phi) is 6.41. The summed E-state index contributed by atoms with van der Waals surface area (Å²) in [6, 6.07) is 10.3. The van der Waals surface area contributed by atoms with Gasteiger partial charge in [0.05, 0.1) is 24.5 Å². The third-order valence-electron chi connectivity index (χ3n) is 6.58. The molecule has 6 nitrogen and oxygen atoms in total. The lowest BCUT2D eigenvalue weighted by molar-refractivity contribution is -0.147. The third kappa shape index (κ3) is 4.37. The fourth-order valence-corrected chi connectivity index (χ4v) is 6.27. The standard InChI is InChI=1S/C24H27NO5S/c1-30-24(29)20-18-12-11-15(14-7-3-2-4-8-14)13-19(18)31-22(20)25-21(26)16-9-5-6-10-17(16)23(27)28/h2-4,7-8,15-17H,5-6,9-13H2,1H3,(H,25,26)(H,27,28)/t15-,16-,17+/m1/s1. The Hall–Kier alpha value is -2.67. The number of ether oxygens (including phenoxy) is 1. The van der Waals surface area contributed by atoms with Gasteiger partial charge in [0.1, 0.15) is 5.00 Å². The van der Waals surface area contributed by atoms with Gasteiger partial charge in [-0.15, -0.1) is 11.3 Å². The highest BCUT2D eigenvalue weighted by atomic mass is 32.1. The molecule has 4 rings (SSSR count). The SMILES string of the molecule is COC(=O)c1c(NC(=O)[C@@H]2CCCC[C@@H]2C(=O)O)sc2c1CC[C@@H](c1ccccc1)C2. The molecule has 0 aliphatic heterocycles. The molecule has 1 fully saturated rings. The molecule has 1 heterocycles. The van der Waals surface area contributed by atoms with Crippen LogP contribution in [-0.2, 0) is 27.2 Å². The zero-order chi connectivity index (χ0) is 22.0. The van der Waals surface area contributed by atoms with Gasteiger partial charge in [0, 0.05) is 4.88 Å². The van der Waals surface area contributed by atoms with Crippen LogP contribution >= 0.6 is 11.3 Å². The topological polar surface area (TPSA) is 92.7 Å². The number of methoxy groups -OCH3 is 1. The Morgan fingerprint density at radius 2 is 1.77 bits per heavy atom. The van der Waals surface area contributed by atoms with Crippen LogP contribution in [0.1, 0.15) is 64.4 Å². The van der Waals surface area contributed by atoms with Crippen LogP contribution in [0.2, 0.25) is 0 Å². The molecule has 3 atom stereocenters.